The second-order valence-electron chi connectivity index (χ2n) is 8.60. The Morgan fingerprint density at radius 3 is 2.00 bits per heavy atom. The maximum Gasteiger partial charge on any atom is 0.00879 e. The molecule has 0 unspecified atom stereocenters. The SMILES string of the molecule is CC(C)CNCC1(c2ccc(C(C)C)cc2)CC(C)(C)C1. The third-order valence-electron chi connectivity index (χ3n) is 4.84. The van der Waals surface area contributed by atoms with Crippen molar-refractivity contribution in [1.82, 2.24) is 5.32 Å². The highest BCUT2D eigenvalue weighted by molar-refractivity contribution is 5.34. The molecule has 1 N–H and O–H groups in total. The number of rotatable bonds is 6. The third-order valence-corrected chi connectivity index (χ3v) is 4.84. The number of nitrogens with one attached hydrogen (secondary N) is 1. The van der Waals surface area contributed by atoms with Crippen LogP contribution in [0.5, 0.6) is 0 Å². The first-order chi connectivity index (χ1) is 9.74. The molecule has 1 heteroatoms. The maximum absolute atomic E-state index is 3.70. The molecular formula is C20H33N. The lowest BCUT2D eigenvalue weighted by atomic mass is 9.52. The summed E-state index contributed by atoms with van der Waals surface area (Å²) >= 11 is 0. The molecule has 1 aromatic carbocycles. The molecule has 0 bridgehead atoms. The van der Waals surface area contributed by atoms with Crippen molar-refractivity contribution >= 4 is 0 Å². The van der Waals surface area contributed by atoms with Gasteiger partial charge in [0.15, 0.2) is 0 Å². The van der Waals surface area contributed by atoms with Crippen LogP contribution in [0.25, 0.3) is 0 Å². The zero-order chi connectivity index (χ0) is 15.7. The predicted molar refractivity (Wildman–Crippen MR) is 92.9 cm³/mol. The maximum atomic E-state index is 3.70. The van der Waals surface area contributed by atoms with Gasteiger partial charge in [-0.3, -0.25) is 0 Å². The Morgan fingerprint density at radius 2 is 1.57 bits per heavy atom. The summed E-state index contributed by atoms with van der Waals surface area (Å²) in [4.78, 5) is 0. The van der Waals surface area contributed by atoms with E-state index in [1.54, 1.807) is 0 Å². The van der Waals surface area contributed by atoms with Crippen molar-refractivity contribution in [3.05, 3.63) is 35.4 Å². The van der Waals surface area contributed by atoms with Gasteiger partial charge < -0.3 is 5.32 Å². The molecule has 0 atom stereocenters. The predicted octanol–water partition coefficient (Wildman–Crippen LogP) is 5.11. The van der Waals surface area contributed by atoms with E-state index >= 15 is 0 Å². The lowest BCUT2D eigenvalue weighted by Crippen LogP contribution is -2.52. The van der Waals surface area contributed by atoms with Gasteiger partial charge in [-0.05, 0) is 47.8 Å². The van der Waals surface area contributed by atoms with Gasteiger partial charge in [-0.2, -0.15) is 0 Å². The van der Waals surface area contributed by atoms with Gasteiger partial charge in [-0.1, -0.05) is 65.8 Å². The highest BCUT2D eigenvalue weighted by atomic mass is 14.9. The molecule has 0 aliphatic heterocycles. The van der Waals surface area contributed by atoms with E-state index in [1.807, 2.05) is 0 Å². The molecule has 0 aromatic heterocycles. The Labute approximate surface area is 131 Å². The Kier molecular flexibility index (Phi) is 4.82. The molecule has 1 fully saturated rings. The van der Waals surface area contributed by atoms with Gasteiger partial charge in [-0.25, -0.2) is 0 Å². The summed E-state index contributed by atoms with van der Waals surface area (Å²) in [7, 11) is 0. The molecule has 1 nitrogen and oxygen atoms in total. The monoisotopic (exact) mass is 287 g/mol. The smallest absolute Gasteiger partial charge is 0.00879 e. The van der Waals surface area contributed by atoms with Crippen molar-refractivity contribution in [2.45, 2.75) is 65.7 Å². The summed E-state index contributed by atoms with van der Waals surface area (Å²) in [6.45, 7) is 16.1. The van der Waals surface area contributed by atoms with E-state index < -0.39 is 0 Å². The van der Waals surface area contributed by atoms with Crippen molar-refractivity contribution in [1.29, 1.82) is 0 Å². The van der Waals surface area contributed by atoms with Crippen molar-refractivity contribution < 1.29 is 0 Å². The molecule has 2 rings (SSSR count). The van der Waals surface area contributed by atoms with E-state index in [0.29, 0.717) is 16.7 Å². The van der Waals surface area contributed by atoms with E-state index in [4.69, 9.17) is 0 Å². The van der Waals surface area contributed by atoms with Gasteiger partial charge >= 0.3 is 0 Å². The van der Waals surface area contributed by atoms with E-state index in [1.165, 1.54) is 24.0 Å². The van der Waals surface area contributed by atoms with Crippen LogP contribution < -0.4 is 5.32 Å². The van der Waals surface area contributed by atoms with Gasteiger partial charge in [0.2, 0.25) is 0 Å². The molecule has 1 aliphatic rings. The Balaban J connectivity index is 2.12. The van der Waals surface area contributed by atoms with Crippen molar-refractivity contribution in [2.24, 2.45) is 11.3 Å². The quantitative estimate of drug-likeness (QED) is 0.766. The number of benzene rings is 1. The van der Waals surface area contributed by atoms with Crippen LogP contribution in [0.2, 0.25) is 0 Å². The van der Waals surface area contributed by atoms with E-state index in [9.17, 15) is 0 Å². The van der Waals surface area contributed by atoms with E-state index in [2.05, 4.69) is 71.1 Å². The Bertz CT molecular complexity index is 445. The first-order valence-corrected chi connectivity index (χ1v) is 8.55. The molecule has 0 radical (unpaired) electrons. The molecular weight excluding hydrogens is 254 g/mol. The van der Waals surface area contributed by atoms with Gasteiger partial charge in [0.1, 0.15) is 0 Å². The highest BCUT2D eigenvalue weighted by Gasteiger charge is 2.49. The second kappa shape index (κ2) is 6.12. The minimum atomic E-state index is 0.355. The van der Waals surface area contributed by atoms with Crippen LogP contribution in [0.4, 0.5) is 0 Å². The van der Waals surface area contributed by atoms with Gasteiger partial charge in [0.05, 0.1) is 0 Å². The van der Waals surface area contributed by atoms with Crippen molar-refractivity contribution in [3.63, 3.8) is 0 Å². The molecule has 0 amide bonds. The standard InChI is InChI=1S/C20H33N/c1-15(2)11-21-14-20(12-19(5,6)13-20)18-9-7-17(8-10-18)16(3)4/h7-10,15-16,21H,11-14H2,1-6H3. The second-order valence-corrected chi connectivity index (χ2v) is 8.60. The lowest BCUT2D eigenvalue weighted by Gasteiger charge is -2.54. The zero-order valence-corrected chi connectivity index (χ0v) is 14.8. The lowest BCUT2D eigenvalue weighted by molar-refractivity contribution is 0.0558. The molecule has 21 heavy (non-hydrogen) atoms. The van der Waals surface area contributed by atoms with Gasteiger partial charge in [0, 0.05) is 12.0 Å². The fraction of sp³-hybridized carbons (Fsp3) is 0.700. The van der Waals surface area contributed by atoms with Crippen LogP contribution in [0.15, 0.2) is 24.3 Å². The van der Waals surface area contributed by atoms with Crippen LogP contribution in [0, 0.1) is 11.3 Å². The Hall–Kier alpha value is -0.820. The van der Waals surface area contributed by atoms with Crippen LogP contribution in [0.1, 0.15) is 71.4 Å². The van der Waals surface area contributed by atoms with Crippen molar-refractivity contribution in [2.75, 3.05) is 13.1 Å². The first-order valence-electron chi connectivity index (χ1n) is 8.55. The van der Waals surface area contributed by atoms with Gasteiger partial charge in [-0.15, -0.1) is 0 Å². The first kappa shape index (κ1) is 16.5. The molecule has 1 aromatic rings. The average Bonchev–Trinajstić information content (AvgIpc) is 2.35. The summed E-state index contributed by atoms with van der Waals surface area (Å²) in [6.07, 6.45) is 2.60. The number of hydrogen-bond donors (Lipinski definition) is 1. The average molecular weight is 287 g/mol. The molecule has 0 spiro atoms. The highest BCUT2D eigenvalue weighted by Crippen LogP contribution is 2.55. The minimum absolute atomic E-state index is 0.355. The largest absolute Gasteiger partial charge is 0.316 e. The molecule has 1 aliphatic carbocycles. The minimum Gasteiger partial charge on any atom is -0.316 e. The van der Waals surface area contributed by atoms with Crippen molar-refractivity contribution in [3.8, 4) is 0 Å². The topological polar surface area (TPSA) is 12.0 Å². The summed E-state index contributed by atoms with van der Waals surface area (Å²) < 4.78 is 0. The molecule has 0 heterocycles. The fourth-order valence-corrected chi connectivity index (χ4v) is 4.03. The van der Waals surface area contributed by atoms with Crippen LogP contribution in [-0.4, -0.2) is 13.1 Å². The Morgan fingerprint density at radius 1 is 1.00 bits per heavy atom. The summed E-state index contributed by atoms with van der Waals surface area (Å²) in [5, 5.41) is 3.70. The zero-order valence-electron chi connectivity index (χ0n) is 14.8. The summed E-state index contributed by atoms with van der Waals surface area (Å²) in [5.41, 5.74) is 3.83. The molecule has 0 saturated heterocycles. The normalized spacial score (nSPS) is 19.8. The summed E-state index contributed by atoms with van der Waals surface area (Å²) in [5.74, 6) is 1.34. The summed E-state index contributed by atoms with van der Waals surface area (Å²) in [6, 6.07) is 9.41. The number of hydrogen-bond acceptors (Lipinski definition) is 1. The van der Waals surface area contributed by atoms with Gasteiger partial charge in [0.25, 0.3) is 0 Å². The van der Waals surface area contributed by atoms with E-state index in [-0.39, 0.29) is 0 Å². The van der Waals surface area contributed by atoms with Crippen LogP contribution in [0.3, 0.4) is 0 Å². The third kappa shape index (κ3) is 3.88. The fourth-order valence-electron chi connectivity index (χ4n) is 4.03. The van der Waals surface area contributed by atoms with Crippen LogP contribution in [-0.2, 0) is 5.41 Å². The molecule has 118 valence electrons. The van der Waals surface area contributed by atoms with Crippen LogP contribution >= 0.6 is 0 Å². The van der Waals surface area contributed by atoms with E-state index in [0.717, 1.165) is 19.0 Å². The molecule has 1 saturated carbocycles.